The number of benzene rings is 1. The Labute approximate surface area is 123 Å². The van der Waals surface area contributed by atoms with E-state index < -0.39 is 5.97 Å². The van der Waals surface area contributed by atoms with Crippen molar-refractivity contribution in [1.29, 1.82) is 0 Å². The molecular formula is C13H11IN2O3. The fourth-order valence-corrected chi connectivity index (χ4v) is 2.27. The van der Waals surface area contributed by atoms with Crippen molar-refractivity contribution >= 4 is 40.2 Å². The van der Waals surface area contributed by atoms with Crippen LogP contribution in [-0.4, -0.2) is 22.0 Å². The Morgan fingerprint density at radius 3 is 2.74 bits per heavy atom. The lowest BCUT2D eigenvalue weighted by Crippen LogP contribution is -2.14. The van der Waals surface area contributed by atoms with Gasteiger partial charge in [-0.3, -0.25) is 4.79 Å². The number of amides is 1. The highest BCUT2D eigenvalue weighted by Crippen LogP contribution is 2.20. The monoisotopic (exact) mass is 370 g/mol. The highest BCUT2D eigenvalue weighted by molar-refractivity contribution is 14.1. The second kappa shape index (κ2) is 5.43. The zero-order valence-corrected chi connectivity index (χ0v) is 12.2. The van der Waals surface area contributed by atoms with E-state index in [2.05, 4.69) is 32.9 Å². The summed E-state index contributed by atoms with van der Waals surface area (Å²) in [5, 5.41) is 11.7. The molecule has 0 atom stereocenters. The fraction of sp³-hybridized carbons (Fsp3) is 0.0769. The number of hydrogen-bond acceptors (Lipinski definition) is 2. The number of rotatable bonds is 3. The van der Waals surface area contributed by atoms with E-state index in [4.69, 9.17) is 5.11 Å². The van der Waals surface area contributed by atoms with Crippen molar-refractivity contribution in [3.63, 3.8) is 0 Å². The standard InChI is InChI=1S/C13H11IN2O3/c1-7-11(13(18)19)10(6-15-7)16-12(17)8-3-2-4-9(14)5-8/h2-6,15H,1H3,(H,16,17)(H,18,19). The minimum Gasteiger partial charge on any atom is -0.478 e. The van der Waals surface area contributed by atoms with E-state index in [1.54, 1.807) is 25.1 Å². The van der Waals surface area contributed by atoms with Gasteiger partial charge in [0.15, 0.2) is 0 Å². The number of anilines is 1. The minimum atomic E-state index is -1.07. The molecule has 1 aromatic heterocycles. The third-order valence-electron chi connectivity index (χ3n) is 2.63. The lowest BCUT2D eigenvalue weighted by atomic mass is 10.2. The fourth-order valence-electron chi connectivity index (χ4n) is 1.73. The van der Waals surface area contributed by atoms with Gasteiger partial charge in [-0.05, 0) is 47.7 Å². The molecule has 0 radical (unpaired) electrons. The van der Waals surface area contributed by atoms with Crippen LogP contribution in [0.4, 0.5) is 5.69 Å². The van der Waals surface area contributed by atoms with E-state index in [1.165, 1.54) is 6.20 Å². The number of carbonyl (C=O) groups excluding carboxylic acids is 1. The normalized spacial score (nSPS) is 10.2. The van der Waals surface area contributed by atoms with Crippen LogP contribution >= 0.6 is 22.6 Å². The lowest BCUT2D eigenvalue weighted by Gasteiger charge is -2.05. The van der Waals surface area contributed by atoms with Gasteiger partial charge < -0.3 is 15.4 Å². The van der Waals surface area contributed by atoms with E-state index in [-0.39, 0.29) is 17.2 Å². The van der Waals surface area contributed by atoms with Gasteiger partial charge in [0.1, 0.15) is 5.56 Å². The number of H-pyrrole nitrogens is 1. The molecule has 0 aliphatic rings. The Morgan fingerprint density at radius 2 is 2.11 bits per heavy atom. The SMILES string of the molecule is Cc1[nH]cc(NC(=O)c2cccc(I)c2)c1C(=O)O. The van der Waals surface area contributed by atoms with Crippen LogP contribution in [0.2, 0.25) is 0 Å². The zero-order valence-electron chi connectivity index (χ0n) is 10.0. The zero-order chi connectivity index (χ0) is 14.0. The van der Waals surface area contributed by atoms with Crippen molar-refractivity contribution in [1.82, 2.24) is 4.98 Å². The summed E-state index contributed by atoms with van der Waals surface area (Å²) in [6.45, 7) is 1.64. The first-order valence-corrected chi connectivity index (χ1v) is 6.55. The summed E-state index contributed by atoms with van der Waals surface area (Å²) >= 11 is 2.11. The van der Waals surface area contributed by atoms with Crippen LogP contribution in [0.3, 0.4) is 0 Å². The molecule has 0 bridgehead atoms. The molecule has 0 saturated heterocycles. The molecule has 0 spiro atoms. The first kappa shape index (κ1) is 13.6. The average Bonchev–Trinajstić information content (AvgIpc) is 2.70. The highest BCUT2D eigenvalue weighted by atomic mass is 127. The molecule has 6 heteroatoms. The molecule has 1 heterocycles. The molecule has 0 aliphatic heterocycles. The van der Waals surface area contributed by atoms with Gasteiger partial charge >= 0.3 is 5.97 Å². The smallest absolute Gasteiger partial charge is 0.339 e. The Kier molecular flexibility index (Phi) is 3.89. The van der Waals surface area contributed by atoms with E-state index in [0.717, 1.165) is 3.57 Å². The third-order valence-corrected chi connectivity index (χ3v) is 3.30. The quantitative estimate of drug-likeness (QED) is 0.727. The summed E-state index contributed by atoms with van der Waals surface area (Å²) in [5.41, 5.74) is 1.35. The van der Waals surface area contributed by atoms with Gasteiger partial charge in [-0.2, -0.15) is 0 Å². The molecule has 2 rings (SSSR count). The lowest BCUT2D eigenvalue weighted by molar-refractivity contribution is 0.0697. The van der Waals surface area contributed by atoms with E-state index >= 15 is 0 Å². The molecule has 2 aromatic rings. The number of nitrogens with one attached hydrogen (secondary N) is 2. The minimum absolute atomic E-state index is 0.0824. The third kappa shape index (κ3) is 2.95. The van der Waals surface area contributed by atoms with Gasteiger partial charge in [0, 0.05) is 21.0 Å². The van der Waals surface area contributed by atoms with Crippen LogP contribution in [0, 0.1) is 10.5 Å². The number of aryl methyl sites for hydroxylation is 1. The number of aromatic amines is 1. The summed E-state index contributed by atoms with van der Waals surface area (Å²) in [7, 11) is 0. The predicted molar refractivity (Wildman–Crippen MR) is 79.6 cm³/mol. The van der Waals surface area contributed by atoms with Crippen molar-refractivity contribution < 1.29 is 14.7 Å². The predicted octanol–water partition coefficient (Wildman–Crippen LogP) is 2.88. The van der Waals surface area contributed by atoms with Gasteiger partial charge in [-0.15, -0.1) is 0 Å². The summed E-state index contributed by atoms with van der Waals surface area (Å²) in [4.78, 5) is 25.9. The molecule has 1 aromatic carbocycles. The maximum Gasteiger partial charge on any atom is 0.339 e. The number of carboxylic acids is 1. The summed E-state index contributed by atoms with van der Waals surface area (Å²) in [6, 6.07) is 7.06. The van der Waals surface area contributed by atoms with Crippen molar-refractivity contribution in [3.8, 4) is 0 Å². The Hall–Kier alpha value is -1.83. The highest BCUT2D eigenvalue weighted by Gasteiger charge is 2.17. The van der Waals surface area contributed by atoms with Crippen molar-refractivity contribution in [2.24, 2.45) is 0 Å². The number of aromatic nitrogens is 1. The molecule has 1 amide bonds. The molecule has 98 valence electrons. The largest absolute Gasteiger partial charge is 0.478 e. The second-order valence-electron chi connectivity index (χ2n) is 3.97. The van der Waals surface area contributed by atoms with Gasteiger partial charge in [0.25, 0.3) is 5.91 Å². The van der Waals surface area contributed by atoms with Crippen molar-refractivity contribution in [2.75, 3.05) is 5.32 Å². The molecule has 19 heavy (non-hydrogen) atoms. The Balaban J connectivity index is 2.27. The van der Waals surface area contributed by atoms with E-state index in [1.807, 2.05) is 6.07 Å². The van der Waals surface area contributed by atoms with Crippen LogP contribution in [0.5, 0.6) is 0 Å². The molecule has 0 saturated carbocycles. The first-order valence-electron chi connectivity index (χ1n) is 5.47. The molecule has 3 N–H and O–H groups in total. The average molecular weight is 370 g/mol. The molecule has 0 aliphatic carbocycles. The number of carbonyl (C=O) groups is 2. The molecular weight excluding hydrogens is 359 g/mol. The van der Waals surface area contributed by atoms with Crippen LogP contribution in [0.1, 0.15) is 26.4 Å². The van der Waals surface area contributed by atoms with E-state index in [9.17, 15) is 9.59 Å². The Morgan fingerprint density at radius 1 is 1.37 bits per heavy atom. The molecule has 5 nitrogen and oxygen atoms in total. The summed E-state index contributed by atoms with van der Waals surface area (Å²) < 4.78 is 0.939. The number of aromatic carboxylic acids is 1. The van der Waals surface area contributed by atoms with Crippen molar-refractivity contribution in [2.45, 2.75) is 6.92 Å². The topological polar surface area (TPSA) is 82.2 Å². The summed E-state index contributed by atoms with van der Waals surface area (Å²) in [5.74, 6) is -1.41. The summed E-state index contributed by atoms with van der Waals surface area (Å²) in [6.07, 6.45) is 1.48. The number of hydrogen-bond donors (Lipinski definition) is 3. The van der Waals surface area contributed by atoms with Crippen LogP contribution in [0.15, 0.2) is 30.5 Å². The van der Waals surface area contributed by atoms with Crippen LogP contribution in [-0.2, 0) is 0 Å². The van der Waals surface area contributed by atoms with Gasteiger partial charge in [0.2, 0.25) is 0 Å². The maximum atomic E-state index is 12.0. The van der Waals surface area contributed by atoms with Crippen LogP contribution < -0.4 is 5.32 Å². The Bertz CT molecular complexity index is 649. The number of carboxylic acid groups (broad SMARTS) is 1. The first-order chi connectivity index (χ1) is 8.99. The van der Waals surface area contributed by atoms with E-state index in [0.29, 0.717) is 11.3 Å². The number of halogens is 1. The van der Waals surface area contributed by atoms with Gasteiger partial charge in [0.05, 0.1) is 5.69 Å². The van der Waals surface area contributed by atoms with Crippen LogP contribution in [0.25, 0.3) is 0 Å². The molecule has 0 fully saturated rings. The van der Waals surface area contributed by atoms with Gasteiger partial charge in [-0.1, -0.05) is 6.07 Å². The second-order valence-corrected chi connectivity index (χ2v) is 5.22. The maximum absolute atomic E-state index is 12.0. The van der Waals surface area contributed by atoms with Crippen molar-refractivity contribution in [3.05, 3.63) is 50.9 Å². The molecule has 0 unspecified atom stereocenters. The van der Waals surface area contributed by atoms with Gasteiger partial charge in [-0.25, -0.2) is 4.79 Å².